The number of benzene rings is 2. The number of methoxy groups -OCH3 is 1. The van der Waals surface area contributed by atoms with Gasteiger partial charge in [-0.1, -0.05) is 29.8 Å². The molecule has 176 valence electrons. The van der Waals surface area contributed by atoms with E-state index in [1.165, 1.54) is 19.3 Å². The molecule has 0 spiro atoms. The first-order valence-corrected chi connectivity index (χ1v) is 11.7. The van der Waals surface area contributed by atoms with Gasteiger partial charge < -0.3 is 14.4 Å². The zero-order valence-electron chi connectivity index (χ0n) is 18.3. The van der Waals surface area contributed by atoms with Crippen LogP contribution in [0.3, 0.4) is 0 Å². The van der Waals surface area contributed by atoms with E-state index in [-0.39, 0.29) is 39.4 Å². The molecule has 0 atom stereocenters. The maximum absolute atomic E-state index is 12.8. The number of hydrogen-bond acceptors (Lipinski definition) is 7. The minimum Gasteiger partial charge on any atom is -0.493 e. The van der Waals surface area contributed by atoms with Crippen molar-refractivity contribution >= 4 is 52.5 Å². The number of nitrogens with zero attached hydrogens (tertiary/aromatic N) is 2. The van der Waals surface area contributed by atoms with Gasteiger partial charge in [0, 0.05) is 13.1 Å². The number of halogens is 1. The molecule has 2 aliphatic heterocycles. The quantitative estimate of drug-likeness (QED) is 0.333. The predicted octanol–water partition coefficient (Wildman–Crippen LogP) is 4.23. The molecule has 0 radical (unpaired) electrons. The summed E-state index contributed by atoms with van der Waals surface area (Å²) in [5.74, 6) is -0.949. The lowest BCUT2D eigenvalue weighted by Gasteiger charge is -2.18. The standard InChI is InChI=1S/C24H21ClN2O6S/c1-32-19-12-15(8-9-18(19)33-23(30)16-6-2-3-7-17(16)25)13-20-22(29)27(24(31)34-20)14-21(28)26-10-4-5-11-26/h2-3,6-9,12-13H,4-5,10-11,14H2,1H3/b20-13-. The molecule has 4 rings (SSSR count). The average Bonchev–Trinajstić information content (AvgIpc) is 3.45. The van der Waals surface area contributed by atoms with E-state index in [1.807, 2.05) is 0 Å². The van der Waals surface area contributed by atoms with Crippen molar-refractivity contribution in [1.29, 1.82) is 0 Å². The van der Waals surface area contributed by atoms with E-state index < -0.39 is 17.1 Å². The van der Waals surface area contributed by atoms with Crippen molar-refractivity contribution in [3.63, 3.8) is 0 Å². The van der Waals surface area contributed by atoms with Crippen molar-refractivity contribution in [1.82, 2.24) is 9.80 Å². The lowest BCUT2D eigenvalue weighted by molar-refractivity contribution is -0.135. The first-order chi connectivity index (χ1) is 16.4. The molecule has 0 aliphatic carbocycles. The van der Waals surface area contributed by atoms with Gasteiger partial charge >= 0.3 is 5.97 Å². The van der Waals surface area contributed by atoms with Gasteiger partial charge in [0.05, 0.1) is 22.6 Å². The molecule has 2 heterocycles. The van der Waals surface area contributed by atoms with Gasteiger partial charge in [0.15, 0.2) is 11.5 Å². The van der Waals surface area contributed by atoms with E-state index in [0.717, 1.165) is 29.5 Å². The summed E-state index contributed by atoms with van der Waals surface area (Å²) in [5.41, 5.74) is 0.776. The van der Waals surface area contributed by atoms with Crippen LogP contribution in [-0.4, -0.2) is 59.6 Å². The number of ether oxygens (including phenoxy) is 2. The number of esters is 1. The number of carbonyl (C=O) groups is 4. The van der Waals surface area contributed by atoms with Crippen LogP contribution >= 0.6 is 23.4 Å². The second-order valence-corrected chi connectivity index (χ2v) is 9.04. The SMILES string of the molecule is COc1cc(/C=C2\SC(=O)N(CC(=O)N3CCCC3)C2=O)ccc1OC(=O)c1ccccc1Cl. The Morgan fingerprint density at radius 3 is 2.53 bits per heavy atom. The van der Waals surface area contributed by atoms with Crippen LogP contribution in [0.4, 0.5) is 4.79 Å². The van der Waals surface area contributed by atoms with Crippen LogP contribution in [0.1, 0.15) is 28.8 Å². The van der Waals surface area contributed by atoms with Crippen LogP contribution in [0.2, 0.25) is 5.02 Å². The number of carbonyl (C=O) groups excluding carboxylic acids is 4. The van der Waals surface area contributed by atoms with Crippen LogP contribution in [0.5, 0.6) is 11.5 Å². The highest BCUT2D eigenvalue weighted by molar-refractivity contribution is 8.18. The number of rotatable bonds is 6. The fourth-order valence-corrected chi connectivity index (χ4v) is 4.68. The van der Waals surface area contributed by atoms with E-state index in [9.17, 15) is 19.2 Å². The number of amides is 3. The van der Waals surface area contributed by atoms with E-state index in [4.69, 9.17) is 21.1 Å². The van der Waals surface area contributed by atoms with Crippen molar-refractivity contribution in [2.45, 2.75) is 12.8 Å². The molecule has 2 aromatic rings. The summed E-state index contributed by atoms with van der Waals surface area (Å²) in [6, 6.07) is 11.3. The Hall–Kier alpha value is -3.30. The minimum absolute atomic E-state index is 0.175. The molecule has 34 heavy (non-hydrogen) atoms. The zero-order chi connectivity index (χ0) is 24.2. The number of likely N-dealkylation sites (tertiary alicyclic amines) is 1. The Kier molecular flexibility index (Phi) is 7.23. The molecule has 0 saturated carbocycles. The van der Waals surface area contributed by atoms with Crippen LogP contribution in [0.15, 0.2) is 47.4 Å². The molecular formula is C24H21ClN2O6S. The van der Waals surface area contributed by atoms with Gasteiger partial charge in [-0.3, -0.25) is 19.3 Å². The summed E-state index contributed by atoms with van der Waals surface area (Å²) in [6.07, 6.45) is 3.39. The molecule has 0 unspecified atom stereocenters. The summed E-state index contributed by atoms with van der Waals surface area (Å²) in [5, 5.41) is -0.219. The van der Waals surface area contributed by atoms with Crippen molar-refractivity contribution in [3.05, 3.63) is 63.5 Å². The summed E-state index contributed by atoms with van der Waals surface area (Å²) < 4.78 is 10.8. The van der Waals surface area contributed by atoms with Crippen molar-refractivity contribution in [3.8, 4) is 11.5 Å². The molecule has 2 fully saturated rings. The second kappa shape index (κ2) is 10.3. The zero-order valence-corrected chi connectivity index (χ0v) is 19.9. The molecule has 2 aliphatic rings. The third kappa shape index (κ3) is 5.10. The van der Waals surface area contributed by atoms with Gasteiger partial charge in [0.1, 0.15) is 6.54 Å². The fraction of sp³-hybridized carbons (Fsp3) is 0.250. The first-order valence-electron chi connectivity index (χ1n) is 10.6. The Balaban J connectivity index is 1.49. The monoisotopic (exact) mass is 500 g/mol. The van der Waals surface area contributed by atoms with Gasteiger partial charge in [0.25, 0.3) is 11.1 Å². The predicted molar refractivity (Wildman–Crippen MR) is 128 cm³/mol. The topological polar surface area (TPSA) is 93.2 Å². The second-order valence-electron chi connectivity index (χ2n) is 7.64. The molecular weight excluding hydrogens is 480 g/mol. The fourth-order valence-electron chi connectivity index (χ4n) is 3.63. The highest BCUT2D eigenvalue weighted by Gasteiger charge is 2.37. The van der Waals surface area contributed by atoms with Crippen molar-refractivity contribution in [2.24, 2.45) is 0 Å². The summed E-state index contributed by atoms with van der Waals surface area (Å²) >= 11 is 6.83. The number of imide groups is 1. The lowest BCUT2D eigenvalue weighted by Crippen LogP contribution is -2.40. The minimum atomic E-state index is -0.638. The van der Waals surface area contributed by atoms with Crippen LogP contribution < -0.4 is 9.47 Å². The molecule has 8 nitrogen and oxygen atoms in total. The van der Waals surface area contributed by atoms with E-state index in [2.05, 4.69) is 0 Å². The van der Waals surface area contributed by atoms with E-state index in [1.54, 1.807) is 41.3 Å². The number of thioether (sulfide) groups is 1. The molecule has 10 heteroatoms. The molecule has 3 amide bonds. The van der Waals surface area contributed by atoms with Crippen LogP contribution in [0, 0.1) is 0 Å². The molecule has 0 aromatic heterocycles. The van der Waals surface area contributed by atoms with Gasteiger partial charge in [-0.15, -0.1) is 0 Å². The molecule has 0 bridgehead atoms. The van der Waals surface area contributed by atoms with Gasteiger partial charge in [-0.05, 0) is 60.5 Å². The third-order valence-electron chi connectivity index (χ3n) is 5.41. The Bertz CT molecular complexity index is 1190. The Labute approximate surface area is 205 Å². The maximum Gasteiger partial charge on any atom is 0.345 e. The summed E-state index contributed by atoms with van der Waals surface area (Å²) in [7, 11) is 1.42. The van der Waals surface area contributed by atoms with Gasteiger partial charge in [-0.25, -0.2) is 4.79 Å². The third-order valence-corrected chi connectivity index (χ3v) is 6.64. The lowest BCUT2D eigenvalue weighted by atomic mass is 10.1. The highest BCUT2D eigenvalue weighted by Crippen LogP contribution is 2.35. The number of hydrogen-bond donors (Lipinski definition) is 0. The molecule has 2 saturated heterocycles. The average molecular weight is 501 g/mol. The molecule has 2 aromatic carbocycles. The normalized spacial score (nSPS) is 16.9. The van der Waals surface area contributed by atoms with Gasteiger partial charge in [0.2, 0.25) is 5.91 Å². The van der Waals surface area contributed by atoms with E-state index >= 15 is 0 Å². The first kappa shape index (κ1) is 23.8. The van der Waals surface area contributed by atoms with Gasteiger partial charge in [-0.2, -0.15) is 0 Å². The largest absolute Gasteiger partial charge is 0.493 e. The van der Waals surface area contributed by atoms with Crippen molar-refractivity contribution < 1.29 is 28.7 Å². The Morgan fingerprint density at radius 1 is 1.09 bits per heavy atom. The van der Waals surface area contributed by atoms with E-state index in [0.29, 0.717) is 18.7 Å². The van der Waals surface area contributed by atoms with Crippen molar-refractivity contribution in [2.75, 3.05) is 26.7 Å². The van der Waals surface area contributed by atoms with Crippen LogP contribution in [0.25, 0.3) is 6.08 Å². The summed E-state index contributed by atoms with van der Waals surface area (Å²) in [6.45, 7) is 1.04. The maximum atomic E-state index is 12.8. The molecule has 0 N–H and O–H groups in total. The summed E-state index contributed by atoms with van der Waals surface area (Å²) in [4.78, 5) is 52.8. The Morgan fingerprint density at radius 2 is 1.82 bits per heavy atom. The smallest absolute Gasteiger partial charge is 0.345 e. The van der Waals surface area contributed by atoms with Crippen LogP contribution in [-0.2, 0) is 9.59 Å². The highest BCUT2D eigenvalue weighted by atomic mass is 35.5.